The first-order valence-corrected chi connectivity index (χ1v) is 7.00. The first-order valence-electron chi connectivity index (χ1n) is 7.00. The van der Waals surface area contributed by atoms with E-state index in [1.165, 1.54) is 45.1 Å². The van der Waals surface area contributed by atoms with Gasteiger partial charge >= 0.3 is 0 Å². The number of hydrogen-bond donors (Lipinski definition) is 0. The van der Waals surface area contributed by atoms with Crippen molar-refractivity contribution >= 4 is 6.29 Å². The van der Waals surface area contributed by atoms with Crippen molar-refractivity contribution in [3.8, 4) is 0 Å². The monoisotopic (exact) mass is 238 g/mol. The molecule has 1 saturated heterocycles. The summed E-state index contributed by atoms with van der Waals surface area (Å²) in [5, 5.41) is 0. The zero-order chi connectivity index (χ0) is 12.3. The molecule has 0 aromatic heterocycles. The van der Waals surface area contributed by atoms with Gasteiger partial charge in [-0.05, 0) is 52.9 Å². The van der Waals surface area contributed by atoms with Gasteiger partial charge in [-0.2, -0.15) is 0 Å². The second-order valence-electron chi connectivity index (χ2n) is 6.16. The minimum Gasteiger partial charge on any atom is -0.306 e. The number of nitrogens with zero attached hydrogens (tertiary/aromatic N) is 2. The highest BCUT2D eigenvalue weighted by Crippen LogP contribution is 2.37. The molecule has 17 heavy (non-hydrogen) atoms. The molecule has 2 rings (SSSR count). The Bertz CT molecular complexity index is 251. The maximum atomic E-state index is 11.3. The first kappa shape index (κ1) is 13.0. The SMILES string of the molecule is CN(C)C1CCN(CC2(C=O)CCCC2)CC1. The quantitative estimate of drug-likeness (QED) is 0.697. The highest BCUT2D eigenvalue weighted by atomic mass is 16.1. The lowest BCUT2D eigenvalue weighted by Crippen LogP contribution is -2.46. The van der Waals surface area contributed by atoms with Crippen LogP contribution in [0.1, 0.15) is 38.5 Å². The molecule has 1 aliphatic heterocycles. The Morgan fingerprint density at radius 1 is 1.24 bits per heavy atom. The summed E-state index contributed by atoms with van der Waals surface area (Å²) in [5.74, 6) is 0. The molecule has 0 radical (unpaired) electrons. The Kier molecular flexibility index (Phi) is 4.21. The lowest BCUT2D eigenvalue weighted by atomic mass is 9.86. The Morgan fingerprint density at radius 2 is 1.82 bits per heavy atom. The smallest absolute Gasteiger partial charge is 0.127 e. The largest absolute Gasteiger partial charge is 0.306 e. The van der Waals surface area contributed by atoms with Crippen molar-refractivity contribution in [3.63, 3.8) is 0 Å². The van der Waals surface area contributed by atoms with E-state index in [9.17, 15) is 4.79 Å². The molecule has 3 heteroatoms. The lowest BCUT2D eigenvalue weighted by molar-refractivity contribution is -0.117. The van der Waals surface area contributed by atoms with Crippen LogP contribution in [0.2, 0.25) is 0 Å². The zero-order valence-electron chi connectivity index (χ0n) is 11.3. The van der Waals surface area contributed by atoms with Gasteiger partial charge in [0.1, 0.15) is 6.29 Å². The van der Waals surface area contributed by atoms with Crippen LogP contribution in [-0.2, 0) is 4.79 Å². The number of carbonyl (C=O) groups excluding carboxylic acids is 1. The van der Waals surface area contributed by atoms with E-state index in [0.717, 1.165) is 25.4 Å². The van der Waals surface area contributed by atoms with Gasteiger partial charge in [-0.25, -0.2) is 0 Å². The van der Waals surface area contributed by atoms with E-state index < -0.39 is 0 Å². The summed E-state index contributed by atoms with van der Waals surface area (Å²) in [5.41, 5.74) is 0.00491. The molecule has 0 aromatic carbocycles. The van der Waals surface area contributed by atoms with Crippen molar-refractivity contribution in [3.05, 3.63) is 0 Å². The van der Waals surface area contributed by atoms with Crippen LogP contribution in [0.5, 0.6) is 0 Å². The Balaban J connectivity index is 1.83. The summed E-state index contributed by atoms with van der Waals surface area (Å²) in [6.07, 6.45) is 8.47. The number of carbonyl (C=O) groups is 1. The van der Waals surface area contributed by atoms with E-state index in [0.29, 0.717) is 0 Å². The predicted molar refractivity (Wildman–Crippen MR) is 70.1 cm³/mol. The van der Waals surface area contributed by atoms with Crippen LogP contribution in [0, 0.1) is 5.41 Å². The van der Waals surface area contributed by atoms with Crippen LogP contribution >= 0.6 is 0 Å². The highest BCUT2D eigenvalue weighted by Gasteiger charge is 2.36. The molecule has 1 heterocycles. The van der Waals surface area contributed by atoms with Gasteiger partial charge in [0.2, 0.25) is 0 Å². The van der Waals surface area contributed by atoms with Gasteiger partial charge < -0.3 is 14.6 Å². The summed E-state index contributed by atoms with van der Waals surface area (Å²) in [6.45, 7) is 3.34. The lowest BCUT2D eigenvalue weighted by Gasteiger charge is -2.38. The van der Waals surface area contributed by atoms with Crippen LogP contribution in [0.3, 0.4) is 0 Å². The Morgan fingerprint density at radius 3 is 2.29 bits per heavy atom. The van der Waals surface area contributed by atoms with Crippen molar-refractivity contribution in [2.45, 2.75) is 44.6 Å². The van der Waals surface area contributed by atoms with Crippen LogP contribution in [0.25, 0.3) is 0 Å². The molecule has 0 unspecified atom stereocenters. The predicted octanol–water partition coefficient (Wildman–Crippen LogP) is 1.77. The second kappa shape index (κ2) is 5.49. The summed E-state index contributed by atoms with van der Waals surface area (Å²) in [4.78, 5) is 16.2. The Labute approximate surface area is 105 Å². The van der Waals surface area contributed by atoms with E-state index >= 15 is 0 Å². The van der Waals surface area contributed by atoms with Gasteiger partial charge in [-0.1, -0.05) is 12.8 Å². The van der Waals surface area contributed by atoms with Gasteiger partial charge in [0.05, 0.1) is 0 Å². The van der Waals surface area contributed by atoms with Crippen LogP contribution in [0.15, 0.2) is 0 Å². The maximum absolute atomic E-state index is 11.3. The maximum Gasteiger partial charge on any atom is 0.127 e. The molecule has 0 bridgehead atoms. The summed E-state index contributed by atoms with van der Waals surface area (Å²) in [7, 11) is 4.34. The van der Waals surface area contributed by atoms with E-state index in [2.05, 4.69) is 23.9 Å². The summed E-state index contributed by atoms with van der Waals surface area (Å²) in [6, 6.07) is 0.738. The van der Waals surface area contributed by atoms with Crippen molar-refractivity contribution in [2.75, 3.05) is 33.7 Å². The van der Waals surface area contributed by atoms with Gasteiger partial charge in [-0.3, -0.25) is 0 Å². The Hall–Kier alpha value is -0.410. The van der Waals surface area contributed by atoms with Gasteiger partial charge in [0, 0.05) is 18.0 Å². The standard InChI is InChI=1S/C14H26N2O/c1-15(2)13-5-9-16(10-6-13)11-14(12-17)7-3-4-8-14/h12-13H,3-11H2,1-2H3. The van der Waals surface area contributed by atoms with Crippen LogP contribution < -0.4 is 0 Å². The average molecular weight is 238 g/mol. The fraction of sp³-hybridized carbons (Fsp3) is 0.929. The fourth-order valence-electron chi connectivity index (χ4n) is 3.43. The highest BCUT2D eigenvalue weighted by molar-refractivity contribution is 5.60. The van der Waals surface area contributed by atoms with Crippen LogP contribution in [0.4, 0.5) is 0 Å². The molecule has 0 aromatic rings. The minimum absolute atomic E-state index is 0.00491. The van der Waals surface area contributed by atoms with E-state index in [1.807, 2.05) is 0 Å². The zero-order valence-corrected chi connectivity index (χ0v) is 11.3. The fourth-order valence-corrected chi connectivity index (χ4v) is 3.43. The van der Waals surface area contributed by atoms with Crippen molar-refractivity contribution in [2.24, 2.45) is 5.41 Å². The molecule has 1 aliphatic carbocycles. The summed E-state index contributed by atoms with van der Waals surface area (Å²) < 4.78 is 0. The van der Waals surface area contributed by atoms with E-state index in [4.69, 9.17) is 0 Å². The van der Waals surface area contributed by atoms with E-state index in [-0.39, 0.29) is 5.41 Å². The molecular formula is C14H26N2O. The number of aldehydes is 1. The van der Waals surface area contributed by atoms with E-state index in [1.54, 1.807) is 0 Å². The third kappa shape index (κ3) is 3.08. The molecule has 1 saturated carbocycles. The number of rotatable bonds is 4. The average Bonchev–Trinajstić information content (AvgIpc) is 2.79. The third-order valence-electron chi connectivity index (χ3n) is 4.68. The molecule has 3 nitrogen and oxygen atoms in total. The van der Waals surface area contributed by atoms with Gasteiger partial charge in [-0.15, -0.1) is 0 Å². The van der Waals surface area contributed by atoms with Crippen LogP contribution in [-0.4, -0.2) is 55.9 Å². The summed E-state index contributed by atoms with van der Waals surface area (Å²) >= 11 is 0. The van der Waals surface area contributed by atoms with Gasteiger partial charge in [0.25, 0.3) is 0 Å². The first-order chi connectivity index (χ1) is 8.15. The molecule has 2 fully saturated rings. The second-order valence-corrected chi connectivity index (χ2v) is 6.16. The molecule has 2 aliphatic rings. The minimum atomic E-state index is 0.00491. The molecule has 0 atom stereocenters. The normalized spacial score (nSPS) is 26.5. The van der Waals surface area contributed by atoms with Crippen molar-refractivity contribution < 1.29 is 4.79 Å². The number of hydrogen-bond acceptors (Lipinski definition) is 3. The molecule has 0 N–H and O–H groups in total. The van der Waals surface area contributed by atoms with Gasteiger partial charge in [0.15, 0.2) is 0 Å². The molecular weight excluding hydrogens is 212 g/mol. The molecule has 98 valence electrons. The van der Waals surface area contributed by atoms with Crippen molar-refractivity contribution in [1.29, 1.82) is 0 Å². The van der Waals surface area contributed by atoms with Crippen molar-refractivity contribution in [1.82, 2.24) is 9.80 Å². The number of likely N-dealkylation sites (tertiary alicyclic amines) is 1. The number of piperidine rings is 1. The third-order valence-corrected chi connectivity index (χ3v) is 4.68. The topological polar surface area (TPSA) is 23.6 Å². The molecule has 0 spiro atoms. The molecule has 0 amide bonds.